The minimum atomic E-state index is -0.821. The van der Waals surface area contributed by atoms with Gasteiger partial charge in [0, 0.05) is 24.6 Å². The topological polar surface area (TPSA) is 58.6 Å². The van der Waals surface area contributed by atoms with Crippen LogP contribution >= 0.6 is 0 Å². The number of carboxylic acid groups (broad SMARTS) is 1. The van der Waals surface area contributed by atoms with Gasteiger partial charge in [-0.05, 0) is 36.6 Å². The van der Waals surface area contributed by atoms with Gasteiger partial charge >= 0.3 is 5.97 Å². The van der Waals surface area contributed by atoms with E-state index in [9.17, 15) is 9.18 Å². The number of hydrogen-bond acceptors (Lipinski definition) is 3. The lowest BCUT2D eigenvalue weighted by molar-refractivity contribution is -0.137. The molecule has 0 saturated carbocycles. The van der Waals surface area contributed by atoms with Crippen molar-refractivity contribution < 1.29 is 19.0 Å². The van der Waals surface area contributed by atoms with E-state index in [1.165, 1.54) is 12.1 Å². The molecule has 0 spiro atoms. The molecule has 0 radical (unpaired) electrons. The van der Waals surface area contributed by atoms with Crippen molar-refractivity contribution in [1.29, 1.82) is 0 Å². The van der Waals surface area contributed by atoms with Gasteiger partial charge < -0.3 is 15.2 Å². The first-order valence-corrected chi connectivity index (χ1v) is 7.90. The van der Waals surface area contributed by atoms with E-state index >= 15 is 0 Å². The molecule has 2 aromatic rings. The smallest absolute Gasteiger partial charge is 0.303 e. The molecule has 2 rings (SSSR count). The standard InChI is InChI=1S/C19H22FNO3/c1-24-18-9-7-16(20)12-15(18)13-21-17(8-10-19(22)23)11-14-5-3-2-4-6-14/h2-7,9,12,17,21H,8,10-11,13H2,1H3,(H,22,23). The molecule has 0 heterocycles. The Kier molecular flexibility index (Phi) is 6.75. The highest BCUT2D eigenvalue weighted by molar-refractivity contribution is 5.66. The van der Waals surface area contributed by atoms with Crippen LogP contribution in [0.15, 0.2) is 48.5 Å². The zero-order valence-electron chi connectivity index (χ0n) is 13.7. The number of halogens is 1. The minimum absolute atomic E-state index is 0.0172. The first-order chi connectivity index (χ1) is 11.6. The maximum absolute atomic E-state index is 13.4. The van der Waals surface area contributed by atoms with Gasteiger partial charge in [0.1, 0.15) is 11.6 Å². The Labute approximate surface area is 141 Å². The molecule has 2 aromatic carbocycles. The van der Waals surface area contributed by atoms with Crippen LogP contribution < -0.4 is 10.1 Å². The quantitative estimate of drug-likeness (QED) is 0.739. The molecule has 4 nitrogen and oxygen atoms in total. The van der Waals surface area contributed by atoms with Crippen LogP contribution in [0.1, 0.15) is 24.0 Å². The molecule has 0 aromatic heterocycles. The molecule has 1 atom stereocenters. The molecule has 0 saturated heterocycles. The Bertz CT molecular complexity index is 661. The van der Waals surface area contributed by atoms with E-state index in [0.29, 0.717) is 30.7 Å². The van der Waals surface area contributed by atoms with Gasteiger partial charge in [-0.2, -0.15) is 0 Å². The van der Waals surface area contributed by atoms with Crippen LogP contribution in [0.25, 0.3) is 0 Å². The van der Waals surface area contributed by atoms with Crippen LogP contribution in [0.5, 0.6) is 5.75 Å². The molecular formula is C19H22FNO3. The average molecular weight is 331 g/mol. The van der Waals surface area contributed by atoms with Gasteiger partial charge in [-0.3, -0.25) is 4.79 Å². The summed E-state index contributed by atoms with van der Waals surface area (Å²) in [4.78, 5) is 10.9. The summed E-state index contributed by atoms with van der Waals surface area (Å²) >= 11 is 0. The number of carboxylic acids is 1. The van der Waals surface area contributed by atoms with Crippen molar-refractivity contribution in [3.8, 4) is 5.75 Å². The normalized spacial score (nSPS) is 11.9. The molecular weight excluding hydrogens is 309 g/mol. The Balaban J connectivity index is 2.04. The van der Waals surface area contributed by atoms with Crippen LogP contribution in [0.2, 0.25) is 0 Å². The number of aliphatic carboxylic acids is 1. The Morgan fingerprint density at radius 3 is 2.67 bits per heavy atom. The van der Waals surface area contributed by atoms with Gasteiger partial charge in [0.05, 0.1) is 7.11 Å². The largest absolute Gasteiger partial charge is 0.496 e. The fraction of sp³-hybridized carbons (Fsp3) is 0.316. The number of benzene rings is 2. The zero-order chi connectivity index (χ0) is 17.4. The van der Waals surface area contributed by atoms with E-state index in [2.05, 4.69) is 5.32 Å². The average Bonchev–Trinajstić information content (AvgIpc) is 2.58. The first-order valence-electron chi connectivity index (χ1n) is 7.90. The Hall–Kier alpha value is -2.40. The highest BCUT2D eigenvalue weighted by Gasteiger charge is 2.13. The third-order valence-corrected chi connectivity index (χ3v) is 3.86. The number of hydrogen-bond donors (Lipinski definition) is 2. The van der Waals surface area contributed by atoms with Crippen LogP contribution in [0.4, 0.5) is 4.39 Å². The van der Waals surface area contributed by atoms with E-state index < -0.39 is 5.97 Å². The van der Waals surface area contributed by atoms with E-state index in [0.717, 1.165) is 5.56 Å². The summed E-state index contributed by atoms with van der Waals surface area (Å²) in [7, 11) is 1.54. The van der Waals surface area contributed by atoms with Crippen LogP contribution in [0.3, 0.4) is 0 Å². The van der Waals surface area contributed by atoms with Crippen molar-refractivity contribution in [3.63, 3.8) is 0 Å². The van der Waals surface area contributed by atoms with Crippen LogP contribution in [0, 0.1) is 5.82 Å². The third-order valence-electron chi connectivity index (χ3n) is 3.86. The second-order valence-electron chi connectivity index (χ2n) is 5.66. The molecule has 128 valence electrons. The van der Waals surface area contributed by atoms with Crippen molar-refractivity contribution in [3.05, 3.63) is 65.5 Å². The van der Waals surface area contributed by atoms with Crippen molar-refractivity contribution in [2.24, 2.45) is 0 Å². The second-order valence-corrected chi connectivity index (χ2v) is 5.66. The van der Waals surface area contributed by atoms with Gasteiger partial charge in [-0.15, -0.1) is 0 Å². The second kappa shape index (κ2) is 9.03. The molecule has 1 unspecified atom stereocenters. The molecule has 2 N–H and O–H groups in total. The predicted octanol–water partition coefficient (Wildman–Crippen LogP) is 3.40. The highest BCUT2D eigenvalue weighted by atomic mass is 19.1. The summed E-state index contributed by atoms with van der Waals surface area (Å²) in [5.41, 5.74) is 1.84. The SMILES string of the molecule is COc1ccc(F)cc1CNC(CCC(=O)O)Cc1ccccc1. The summed E-state index contributed by atoms with van der Waals surface area (Å²) in [6, 6.07) is 14.2. The van der Waals surface area contributed by atoms with E-state index in [4.69, 9.17) is 9.84 Å². The molecule has 0 aliphatic rings. The van der Waals surface area contributed by atoms with Crippen molar-refractivity contribution in [2.75, 3.05) is 7.11 Å². The molecule has 0 fully saturated rings. The van der Waals surface area contributed by atoms with Crippen LogP contribution in [-0.2, 0) is 17.8 Å². The van der Waals surface area contributed by atoms with Crippen molar-refractivity contribution in [1.82, 2.24) is 5.32 Å². The molecule has 0 aliphatic carbocycles. The van der Waals surface area contributed by atoms with Gasteiger partial charge in [0.2, 0.25) is 0 Å². The summed E-state index contributed by atoms with van der Waals surface area (Å²) in [6.07, 6.45) is 1.30. The Morgan fingerprint density at radius 2 is 2.00 bits per heavy atom. The zero-order valence-corrected chi connectivity index (χ0v) is 13.7. The molecule has 0 bridgehead atoms. The lowest BCUT2D eigenvalue weighted by Gasteiger charge is -2.19. The lowest BCUT2D eigenvalue weighted by atomic mass is 10.0. The summed E-state index contributed by atoms with van der Waals surface area (Å²) < 4.78 is 18.7. The number of rotatable bonds is 9. The number of methoxy groups -OCH3 is 1. The first kappa shape index (κ1) is 17.9. The molecule has 0 amide bonds. The number of ether oxygens (including phenoxy) is 1. The summed E-state index contributed by atoms with van der Waals surface area (Å²) in [5.74, 6) is -0.531. The molecule has 24 heavy (non-hydrogen) atoms. The number of nitrogens with one attached hydrogen (secondary N) is 1. The fourth-order valence-corrected chi connectivity index (χ4v) is 2.61. The fourth-order valence-electron chi connectivity index (χ4n) is 2.61. The molecule has 0 aliphatic heterocycles. The lowest BCUT2D eigenvalue weighted by Crippen LogP contribution is -2.31. The summed E-state index contributed by atoms with van der Waals surface area (Å²) in [6.45, 7) is 0.415. The van der Waals surface area contributed by atoms with Gasteiger partial charge in [0.25, 0.3) is 0 Å². The minimum Gasteiger partial charge on any atom is -0.496 e. The van der Waals surface area contributed by atoms with E-state index in [1.807, 2.05) is 30.3 Å². The highest BCUT2D eigenvalue weighted by Crippen LogP contribution is 2.19. The van der Waals surface area contributed by atoms with Crippen molar-refractivity contribution in [2.45, 2.75) is 31.8 Å². The van der Waals surface area contributed by atoms with Gasteiger partial charge in [0.15, 0.2) is 0 Å². The Morgan fingerprint density at radius 1 is 1.25 bits per heavy atom. The number of carbonyl (C=O) groups is 1. The van der Waals surface area contributed by atoms with Gasteiger partial charge in [-0.25, -0.2) is 4.39 Å². The maximum Gasteiger partial charge on any atom is 0.303 e. The van der Waals surface area contributed by atoms with Crippen LogP contribution in [-0.4, -0.2) is 24.2 Å². The monoisotopic (exact) mass is 331 g/mol. The summed E-state index contributed by atoms with van der Waals surface area (Å²) in [5, 5.41) is 12.3. The van der Waals surface area contributed by atoms with Crippen molar-refractivity contribution >= 4 is 5.97 Å². The van der Waals surface area contributed by atoms with E-state index in [-0.39, 0.29) is 18.3 Å². The molecule has 5 heteroatoms. The predicted molar refractivity (Wildman–Crippen MR) is 90.6 cm³/mol. The van der Waals surface area contributed by atoms with Gasteiger partial charge in [-0.1, -0.05) is 30.3 Å². The maximum atomic E-state index is 13.4. The van der Waals surface area contributed by atoms with E-state index in [1.54, 1.807) is 13.2 Å². The third kappa shape index (κ3) is 5.66.